The minimum atomic E-state index is -4.74. The van der Waals surface area contributed by atoms with E-state index in [-0.39, 0.29) is 52.1 Å². The van der Waals surface area contributed by atoms with E-state index >= 15 is 0 Å². The van der Waals surface area contributed by atoms with Crippen LogP contribution in [-0.2, 0) is 11.0 Å². The van der Waals surface area contributed by atoms with E-state index in [9.17, 15) is 26.7 Å². The van der Waals surface area contributed by atoms with Crippen molar-refractivity contribution in [3.63, 3.8) is 0 Å². The van der Waals surface area contributed by atoms with Gasteiger partial charge in [-0.15, -0.1) is 0 Å². The molecule has 1 unspecified atom stereocenters. The fourth-order valence-corrected chi connectivity index (χ4v) is 4.85. The zero-order valence-electron chi connectivity index (χ0n) is 26.1. The molecule has 2 aliphatic heterocycles. The molecule has 5 rings (SSSR count). The van der Waals surface area contributed by atoms with Gasteiger partial charge in [0.05, 0.1) is 57.8 Å². The van der Waals surface area contributed by atoms with Crippen LogP contribution in [0.15, 0.2) is 59.4 Å². The lowest BCUT2D eigenvalue weighted by atomic mass is 10.0. The summed E-state index contributed by atoms with van der Waals surface area (Å²) in [6.45, 7) is 3.14. The number of amides is 1. The Labute approximate surface area is 267 Å². The molecular weight excluding hydrogens is 625 g/mol. The highest BCUT2D eigenvalue weighted by Crippen LogP contribution is 2.40. The summed E-state index contributed by atoms with van der Waals surface area (Å²) in [5.41, 5.74) is -1.13. The first-order valence-corrected chi connectivity index (χ1v) is 14.8. The van der Waals surface area contributed by atoms with Crippen molar-refractivity contribution >= 4 is 5.91 Å². The van der Waals surface area contributed by atoms with Crippen LogP contribution in [0.2, 0.25) is 0 Å². The third kappa shape index (κ3) is 7.73. The van der Waals surface area contributed by atoms with Crippen LogP contribution in [0, 0.1) is 11.6 Å². The van der Waals surface area contributed by atoms with Crippen molar-refractivity contribution in [3.05, 3.63) is 77.8 Å². The highest BCUT2D eigenvalue weighted by molar-refractivity contribution is 5.83. The number of hydrogen-bond donors (Lipinski definition) is 1. The minimum Gasteiger partial charge on any atom is -0.494 e. The van der Waals surface area contributed by atoms with E-state index in [1.165, 1.54) is 47.4 Å². The Morgan fingerprint density at radius 2 is 1.81 bits per heavy atom. The summed E-state index contributed by atoms with van der Waals surface area (Å²) in [6.07, 6.45) is -0.833. The Balaban J connectivity index is 1.53. The van der Waals surface area contributed by atoms with Crippen LogP contribution >= 0.6 is 0 Å². The second-order valence-electron chi connectivity index (χ2n) is 11.9. The third-order valence-electron chi connectivity index (χ3n) is 7.14. The molecule has 0 saturated heterocycles. The zero-order chi connectivity index (χ0) is 33.9. The molecule has 1 aromatic heterocycles. The first kappa shape index (κ1) is 33.4. The second-order valence-corrected chi connectivity index (χ2v) is 11.9. The Morgan fingerprint density at radius 1 is 1.04 bits per heavy atom. The number of alkyl halides is 3. The van der Waals surface area contributed by atoms with Crippen LogP contribution in [0.1, 0.15) is 37.1 Å². The van der Waals surface area contributed by atoms with E-state index < -0.39 is 35.3 Å². The molecule has 1 atom stereocenters. The van der Waals surface area contributed by atoms with Crippen LogP contribution in [0.5, 0.6) is 5.75 Å². The van der Waals surface area contributed by atoms with E-state index in [2.05, 4.69) is 25.5 Å². The van der Waals surface area contributed by atoms with Crippen molar-refractivity contribution in [2.75, 3.05) is 40.8 Å². The standard InChI is InChI=1S/C32H32F5N7O3/c1-5-14-46-19-10-11-20(22(15-19)32(35,36)37)24-16-27(47-42-24)29(31(45)38-12-7-13-44(2,3)4)43-18-26-25(17-39-43)40-30(41-26)21-8-6-9-23(33)28(21)34/h6,8-11,15-18,29H,5,7,12-14H2,1-4H3/p+1. The maximum Gasteiger partial charge on any atom is 0.417 e. The van der Waals surface area contributed by atoms with Gasteiger partial charge in [-0.1, -0.05) is 18.1 Å². The van der Waals surface area contributed by atoms with Gasteiger partial charge in [0.15, 0.2) is 29.3 Å². The van der Waals surface area contributed by atoms with Crippen LogP contribution in [0.25, 0.3) is 34.0 Å². The fraction of sp³-hybridized carbons (Fsp3) is 0.344. The number of aromatic nitrogens is 5. The average Bonchev–Trinajstić information content (AvgIpc) is 3.66. The number of carbonyl (C=O) groups excluding carboxylic acids is 1. The van der Waals surface area contributed by atoms with E-state index in [1.54, 1.807) is 0 Å². The maximum absolute atomic E-state index is 14.5. The molecule has 0 bridgehead atoms. The van der Waals surface area contributed by atoms with Gasteiger partial charge in [-0.05, 0) is 36.8 Å². The Hall–Kier alpha value is -4.92. The predicted octanol–water partition coefficient (Wildman–Crippen LogP) is 5.99. The molecule has 248 valence electrons. The summed E-state index contributed by atoms with van der Waals surface area (Å²) in [5.74, 6) is -2.89. The quantitative estimate of drug-likeness (QED) is 0.0998. The number of hydrogen-bond acceptors (Lipinski definition) is 7. The number of nitrogens with zero attached hydrogens (tertiary/aromatic N) is 6. The van der Waals surface area contributed by atoms with Crippen molar-refractivity contribution in [2.45, 2.75) is 32.0 Å². The number of benzene rings is 2. The summed E-state index contributed by atoms with van der Waals surface area (Å²) in [4.78, 5) is 22.2. The summed E-state index contributed by atoms with van der Waals surface area (Å²) in [6, 6.07) is 7.09. The lowest BCUT2D eigenvalue weighted by Crippen LogP contribution is -2.39. The van der Waals surface area contributed by atoms with Crippen LogP contribution in [-0.4, -0.2) is 76.1 Å². The number of quaternary nitrogens is 1. The molecule has 0 fully saturated rings. The topological polar surface area (TPSA) is 108 Å². The molecule has 2 aliphatic rings. The minimum absolute atomic E-state index is 0.0548. The number of halogens is 5. The summed E-state index contributed by atoms with van der Waals surface area (Å²) in [7, 11) is 6.04. The van der Waals surface area contributed by atoms with Gasteiger partial charge in [-0.3, -0.25) is 9.48 Å². The molecule has 2 aromatic carbocycles. The number of rotatable bonds is 12. The highest BCUT2D eigenvalue weighted by atomic mass is 19.4. The monoisotopic (exact) mass is 658 g/mol. The average molecular weight is 659 g/mol. The van der Waals surface area contributed by atoms with E-state index in [1.807, 2.05) is 28.1 Å². The molecule has 1 amide bonds. The van der Waals surface area contributed by atoms with Crippen LogP contribution < -0.4 is 10.1 Å². The van der Waals surface area contributed by atoms with Gasteiger partial charge in [-0.25, -0.2) is 18.7 Å². The smallest absolute Gasteiger partial charge is 0.417 e. The summed E-state index contributed by atoms with van der Waals surface area (Å²) >= 11 is 0. The van der Waals surface area contributed by atoms with Crippen molar-refractivity contribution in [2.24, 2.45) is 0 Å². The predicted molar refractivity (Wildman–Crippen MR) is 161 cm³/mol. The van der Waals surface area contributed by atoms with Gasteiger partial charge in [0.1, 0.15) is 22.8 Å². The molecule has 47 heavy (non-hydrogen) atoms. The van der Waals surface area contributed by atoms with Gasteiger partial charge >= 0.3 is 6.18 Å². The summed E-state index contributed by atoms with van der Waals surface area (Å²) < 4.78 is 83.5. The number of imidazole rings is 1. The molecule has 0 spiro atoms. The lowest BCUT2D eigenvalue weighted by Gasteiger charge is -2.24. The Morgan fingerprint density at radius 3 is 2.53 bits per heavy atom. The van der Waals surface area contributed by atoms with Crippen LogP contribution in [0.4, 0.5) is 22.0 Å². The zero-order valence-corrected chi connectivity index (χ0v) is 26.1. The number of carbonyl (C=O) groups is 1. The van der Waals surface area contributed by atoms with Gasteiger partial charge in [0, 0.05) is 24.6 Å². The second kappa shape index (κ2) is 13.4. The number of fused-ring (bicyclic) bond motifs is 1. The molecule has 0 saturated carbocycles. The number of ether oxygens (including phenoxy) is 1. The highest BCUT2D eigenvalue weighted by Gasteiger charge is 2.36. The SMILES string of the molecule is CCCOc1ccc(-c2cc(C(C(=O)NCCC[N+](C)(C)C)n3cc4nc(-c5cccc(F)c5F)nc-4cn3)on2)c(C(F)(F)F)c1. The maximum atomic E-state index is 14.5. The van der Waals surface area contributed by atoms with Gasteiger partial charge in [0.2, 0.25) is 0 Å². The molecule has 10 nitrogen and oxygen atoms in total. The molecule has 15 heteroatoms. The fourth-order valence-electron chi connectivity index (χ4n) is 4.85. The Bertz CT molecular complexity index is 1830. The Kier molecular flexibility index (Phi) is 9.56. The van der Waals surface area contributed by atoms with Crippen molar-refractivity contribution < 1.29 is 40.5 Å². The molecule has 3 heterocycles. The molecule has 0 radical (unpaired) electrons. The largest absolute Gasteiger partial charge is 0.494 e. The van der Waals surface area contributed by atoms with E-state index in [0.29, 0.717) is 23.9 Å². The van der Waals surface area contributed by atoms with Crippen molar-refractivity contribution in [3.8, 4) is 39.8 Å². The van der Waals surface area contributed by atoms with Gasteiger partial charge < -0.3 is 19.1 Å². The first-order valence-electron chi connectivity index (χ1n) is 14.8. The lowest BCUT2D eigenvalue weighted by molar-refractivity contribution is -0.870. The molecule has 0 aliphatic carbocycles. The number of nitrogens with one attached hydrogen (secondary N) is 1. The van der Waals surface area contributed by atoms with E-state index in [4.69, 9.17) is 9.26 Å². The van der Waals surface area contributed by atoms with Crippen LogP contribution in [0.3, 0.4) is 0 Å². The molecule has 3 aromatic rings. The molecule has 1 N–H and O–H groups in total. The van der Waals surface area contributed by atoms with Crippen molar-refractivity contribution in [1.29, 1.82) is 0 Å². The third-order valence-corrected chi connectivity index (χ3v) is 7.14. The summed E-state index contributed by atoms with van der Waals surface area (Å²) in [5, 5.41) is 11.0. The van der Waals surface area contributed by atoms with E-state index in [0.717, 1.165) is 18.7 Å². The first-order chi connectivity index (χ1) is 22.2. The normalized spacial score (nSPS) is 12.8. The van der Waals surface area contributed by atoms with Gasteiger partial charge in [0.25, 0.3) is 5.91 Å². The van der Waals surface area contributed by atoms with Crippen molar-refractivity contribution in [1.82, 2.24) is 30.2 Å². The van der Waals surface area contributed by atoms with Gasteiger partial charge in [-0.2, -0.15) is 18.3 Å². The molecular formula is C32H33F5N7O3+.